The maximum atomic E-state index is 3.20. The molecule has 15 heavy (non-hydrogen) atoms. The Balaban J connectivity index is 2.69. The molecule has 0 aliphatic rings. The molecule has 2 nitrogen and oxygen atoms in total. The van der Waals surface area contributed by atoms with Crippen LogP contribution >= 0.6 is 0 Å². The molecule has 0 aromatic heterocycles. The Labute approximate surface area is 93.3 Å². The molecule has 1 rings (SSSR count). The summed E-state index contributed by atoms with van der Waals surface area (Å²) in [5.74, 6) is 0. The third kappa shape index (κ3) is 3.24. The van der Waals surface area contributed by atoms with Gasteiger partial charge in [0.25, 0.3) is 0 Å². The predicted molar refractivity (Wildman–Crippen MR) is 67.6 cm³/mol. The van der Waals surface area contributed by atoms with E-state index < -0.39 is 0 Å². The van der Waals surface area contributed by atoms with Crippen molar-refractivity contribution in [2.75, 3.05) is 25.5 Å². The Morgan fingerprint density at radius 1 is 1.27 bits per heavy atom. The van der Waals surface area contributed by atoms with Gasteiger partial charge in [0.2, 0.25) is 0 Å². The fraction of sp³-hybridized carbons (Fsp3) is 0.538. The van der Waals surface area contributed by atoms with Crippen LogP contribution in [0.4, 0.5) is 5.69 Å². The van der Waals surface area contributed by atoms with E-state index in [1.165, 1.54) is 11.3 Å². The van der Waals surface area contributed by atoms with Gasteiger partial charge in [0.1, 0.15) is 0 Å². The van der Waals surface area contributed by atoms with Crippen molar-refractivity contribution in [3.8, 4) is 0 Å². The molecule has 0 amide bonds. The van der Waals surface area contributed by atoms with Crippen LogP contribution in [0.15, 0.2) is 24.3 Å². The Bertz CT molecular complexity index is 279. The van der Waals surface area contributed by atoms with Gasteiger partial charge >= 0.3 is 0 Å². The van der Waals surface area contributed by atoms with Crippen LogP contribution in [0.2, 0.25) is 0 Å². The molecular formula is C13H22N2. The molecule has 0 saturated carbocycles. The van der Waals surface area contributed by atoms with Crippen LogP contribution in [-0.2, 0) is 6.42 Å². The number of nitrogens with zero attached hydrogens (tertiary/aromatic N) is 1. The predicted octanol–water partition coefficient (Wildman–Crippen LogP) is 2.29. The van der Waals surface area contributed by atoms with E-state index in [4.69, 9.17) is 0 Å². The third-order valence-corrected chi connectivity index (χ3v) is 2.91. The first kappa shape index (κ1) is 12.1. The fourth-order valence-corrected chi connectivity index (χ4v) is 1.65. The highest BCUT2D eigenvalue weighted by atomic mass is 15.1. The molecule has 0 heterocycles. The molecule has 0 spiro atoms. The molecule has 0 fully saturated rings. The normalized spacial score (nSPS) is 12.5. The lowest BCUT2D eigenvalue weighted by Gasteiger charge is -2.27. The molecule has 84 valence electrons. The Hall–Kier alpha value is -1.02. The van der Waals surface area contributed by atoms with Gasteiger partial charge in [-0.3, -0.25) is 0 Å². The monoisotopic (exact) mass is 206 g/mol. The number of hydrogen-bond donors (Lipinski definition) is 1. The summed E-state index contributed by atoms with van der Waals surface area (Å²) in [6.07, 6.45) is 1.11. The minimum Gasteiger partial charge on any atom is -0.371 e. The first-order valence-electron chi connectivity index (χ1n) is 5.65. The molecule has 0 radical (unpaired) electrons. The summed E-state index contributed by atoms with van der Waals surface area (Å²) in [5, 5.41) is 3.20. The van der Waals surface area contributed by atoms with E-state index in [-0.39, 0.29) is 0 Å². The van der Waals surface area contributed by atoms with Gasteiger partial charge in [-0.1, -0.05) is 19.1 Å². The zero-order chi connectivity index (χ0) is 11.3. The SMILES string of the molecule is CCc1ccc(N(C)C(C)CNC)cc1. The zero-order valence-electron chi connectivity index (χ0n) is 10.2. The smallest absolute Gasteiger partial charge is 0.0382 e. The molecule has 0 aliphatic carbocycles. The Morgan fingerprint density at radius 2 is 1.87 bits per heavy atom. The van der Waals surface area contributed by atoms with E-state index in [0.29, 0.717) is 6.04 Å². The number of benzene rings is 1. The number of anilines is 1. The van der Waals surface area contributed by atoms with Crippen LogP contribution in [0.5, 0.6) is 0 Å². The van der Waals surface area contributed by atoms with Crippen molar-refractivity contribution in [3.05, 3.63) is 29.8 Å². The lowest BCUT2D eigenvalue weighted by atomic mass is 10.1. The van der Waals surface area contributed by atoms with Gasteiger partial charge in [-0.25, -0.2) is 0 Å². The maximum absolute atomic E-state index is 3.20. The fourth-order valence-electron chi connectivity index (χ4n) is 1.65. The summed E-state index contributed by atoms with van der Waals surface area (Å²) in [4.78, 5) is 2.30. The lowest BCUT2D eigenvalue weighted by Crippen LogP contribution is -2.36. The summed E-state index contributed by atoms with van der Waals surface area (Å²) in [5.41, 5.74) is 2.68. The van der Waals surface area contributed by atoms with Crippen molar-refractivity contribution in [1.29, 1.82) is 0 Å². The molecule has 2 heteroatoms. The van der Waals surface area contributed by atoms with E-state index >= 15 is 0 Å². The molecule has 1 atom stereocenters. The van der Waals surface area contributed by atoms with Crippen LogP contribution in [0.1, 0.15) is 19.4 Å². The average molecular weight is 206 g/mol. The van der Waals surface area contributed by atoms with Gasteiger partial charge in [-0.15, -0.1) is 0 Å². The van der Waals surface area contributed by atoms with Gasteiger partial charge in [-0.2, -0.15) is 0 Å². The van der Waals surface area contributed by atoms with Crippen molar-refractivity contribution >= 4 is 5.69 Å². The third-order valence-electron chi connectivity index (χ3n) is 2.91. The van der Waals surface area contributed by atoms with Crippen molar-refractivity contribution in [2.24, 2.45) is 0 Å². The number of aryl methyl sites for hydroxylation is 1. The molecule has 1 N–H and O–H groups in total. The van der Waals surface area contributed by atoms with E-state index in [0.717, 1.165) is 13.0 Å². The van der Waals surface area contributed by atoms with E-state index in [1.54, 1.807) is 0 Å². The number of likely N-dealkylation sites (N-methyl/N-ethyl adjacent to an activating group) is 2. The summed E-state index contributed by atoms with van der Waals surface area (Å²) in [7, 11) is 4.13. The molecule has 0 saturated heterocycles. The van der Waals surface area contributed by atoms with Crippen molar-refractivity contribution in [1.82, 2.24) is 5.32 Å². The topological polar surface area (TPSA) is 15.3 Å². The van der Waals surface area contributed by atoms with E-state index in [9.17, 15) is 0 Å². The summed E-state index contributed by atoms with van der Waals surface area (Å²) < 4.78 is 0. The van der Waals surface area contributed by atoms with Crippen molar-refractivity contribution < 1.29 is 0 Å². The van der Waals surface area contributed by atoms with E-state index in [2.05, 4.69) is 55.4 Å². The zero-order valence-corrected chi connectivity index (χ0v) is 10.2. The van der Waals surface area contributed by atoms with Gasteiger partial charge in [0.05, 0.1) is 0 Å². The molecule has 1 aromatic rings. The van der Waals surface area contributed by atoms with Crippen LogP contribution in [0.3, 0.4) is 0 Å². The van der Waals surface area contributed by atoms with Crippen LogP contribution in [0.25, 0.3) is 0 Å². The second-order valence-electron chi connectivity index (χ2n) is 4.04. The standard InChI is InChI=1S/C13H22N2/c1-5-12-6-8-13(9-7-12)15(4)11(2)10-14-3/h6-9,11,14H,5,10H2,1-4H3. The highest BCUT2D eigenvalue weighted by Gasteiger charge is 2.08. The highest BCUT2D eigenvalue weighted by molar-refractivity contribution is 5.47. The minimum atomic E-state index is 0.516. The number of nitrogens with one attached hydrogen (secondary N) is 1. The maximum Gasteiger partial charge on any atom is 0.0382 e. The second-order valence-corrected chi connectivity index (χ2v) is 4.04. The molecular weight excluding hydrogens is 184 g/mol. The lowest BCUT2D eigenvalue weighted by molar-refractivity contribution is 0.630. The molecule has 0 bridgehead atoms. The van der Waals surface area contributed by atoms with Crippen LogP contribution < -0.4 is 10.2 Å². The van der Waals surface area contributed by atoms with Crippen molar-refractivity contribution in [2.45, 2.75) is 26.3 Å². The quantitative estimate of drug-likeness (QED) is 0.795. The summed E-state index contributed by atoms with van der Waals surface area (Å²) in [6, 6.07) is 9.33. The largest absolute Gasteiger partial charge is 0.371 e. The summed E-state index contributed by atoms with van der Waals surface area (Å²) >= 11 is 0. The van der Waals surface area contributed by atoms with E-state index in [1.807, 2.05) is 7.05 Å². The average Bonchev–Trinajstić information content (AvgIpc) is 2.28. The van der Waals surface area contributed by atoms with Crippen LogP contribution in [0, 0.1) is 0 Å². The highest BCUT2D eigenvalue weighted by Crippen LogP contribution is 2.16. The Kier molecular flexibility index (Phi) is 4.63. The summed E-state index contributed by atoms with van der Waals surface area (Å²) in [6.45, 7) is 5.42. The minimum absolute atomic E-state index is 0.516. The first-order valence-corrected chi connectivity index (χ1v) is 5.65. The van der Waals surface area contributed by atoms with Gasteiger partial charge in [0.15, 0.2) is 0 Å². The van der Waals surface area contributed by atoms with Gasteiger partial charge in [-0.05, 0) is 38.1 Å². The second kappa shape index (κ2) is 5.76. The number of rotatable bonds is 5. The van der Waals surface area contributed by atoms with Crippen molar-refractivity contribution in [3.63, 3.8) is 0 Å². The van der Waals surface area contributed by atoms with Gasteiger partial charge in [0, 0.05) is 25.3 Å². The first-order chi connectivity index (χ1) is 7.19. The molecule has 0 aliphatic heterocycles. The Morgan fingerprint density at radius 3 is 2.33 bits per heavy atom. The van der Waals surface area contributed by atoms with Gasteiger partial charge < -0.3 is 10.2 Å². The molecule has 1 unspecified atom stereocenters. The number of hydrogen-bond acceptors (Lipinski definition) is 2. The van der Waals surface area contributed by atoms with Crippen LogP contribution in [-0.4, -0.2) is 26.7 Å². The molecule has 1 aromatic carbocycles.